The summed E-state index contributed by atoms with van der Waals surface area (Å²) < 4.78 is 42.4. The lowest BCUT2D eigenvalue weighted by atomic mass is 10.0. The van der Waals surface area contributed by atoms with Crippen LogP contribution in [0.15, 0.2) is 70.6 Å². The molecule has 0 aliphatic carbocycles. The van der Waals surface area contributed by atoms with E-state index >= 15 is 0 Å². The molecule has 154 valence electrons. The fourth-order valence-corrected chi connectivity index (χ4v) is 4.24. The molecule has 2 aromatic heterocycles. The number of halogens is 1. The molecule has 2 aromatic carbocycles. The van der Waals surface area contributed by atoms with Gasteiger partial charge in [0.05, 0.1) is 9.73 Å². The number of pyridine rings is 1. The molecule has 0 fully saturated rings. The third kappa shape index (κ3) is 3.39. The van der Waals surface area contributed by atoms with Gasteiger partial charge in [0.25, 0.3) is 5.56 Å². The molecule has 0 radical (unpaired) electrons. The van der Waals surface area contributed by atoms with Crippen LogP contribution in [-0.4, -0.2) is 19.5 Å². The molecule has 0 saturated heterocycles. The molecule has 0 aliphatic rings. The summed E-state index contributed by atoms with van der Waals surface area (Å²) in [5.74, 6) is 0.0185. The number of H-pyrrole nitrogens is 1. The van der Waals surface area contributed by atoms with E-state index in [1.54, 1.807) is 62.8 Å². The first-order chi connectivity index (χ1) is 14.3. The normalized spacial score (nSPS) is 13.3. The number of nitrogens with zero attached hydrogens (tertiary/aromatic N) is 1. The summed E-state index contributed by atoms with van der Waals surface area (Å²) in [5, 5.41) is 0.654. The van der Waals surface area contributed by atoms with Gasteiger partial charge in [0, 0.05) is 46.6 Å². The fraction of sp³-hybridized carbons (Fsp3) is 0.136. The molecule has 0 amide bonds. The van der Waals surface area contributed by atoms with Crippen LogP contribution in [0.2, 0.25) is 0 Å². The van der Waals surface area contributed by atoms with E-state index in [4.69, 9.17) is 9.52 Å². The maximum Gasteiger partial charge on any atom is 0.274 e. The van der Waals surface area contributed by atoms with Gasteiger partial charge in [-0.25, -0.2) is 13.4 Å². The Hall–Kier alpha value is -3.39. The SMILES string of the molecule is CCS(=N)(=O)c1ccc(Oc2ccccc2F)c(-c2cn(C)c(=O)c3[nH]ccc23)c1. The number of benzene rings is 2. The van der Waals surface area contributed by atoms with Crippen LogP contribution >= 0.6 is 0 Å². The fourth-order valence-electron chi connectivity index (χ4n) is 3.31. The number of ether oxygens (including phenoxy) is 1. The first kappa shape index (κ1) is 19.9. The van der Waals surface area contributed by atoms with Crippen molar-refractivity contribution in [1.29, 1.82) is 4.78 Å². The lowest BCUT2D eigenvalue weighted by Gasteiger charge is -2.16. The van der Waals surface area contributed by atoms with E-state index in [1.807, 2.05) is 0 Å². The van der Waals surface area contributed by atoms with Gasteiger partial charge in [-0.1, -0.05) is 19.1 Å². The van der Waals surface area contributed by atoms with Crippen molar-refractivity contribution in [2.45, 2.75) is 11.8 Å². The molecular formula is C22H20FN3O3S. The van der Waals surface area contributed by atoms with Crippen LogP contribution in [0.3, 0.4) is 0 Å². The number of nitrogens with one attached hydrogen (secondary N) is 2. The van der Waals surface area contributed by atoms with Gasteiger partial charge in [-0.2, -0.15) is 0 Å². The molecule has 8 heteroatoms. The topological polar surface area (TPSA) is 87.9 Å². The molecule has 2 heterocycles. The first-order valence-corrected chi connectivity index (χ1v) is 11.0. The second-order valence-electron chi connectivity index (χ2n) is 6.88. The van der Waals surface area contributed by atoms with Crippen molar-refractivity contribution < 1.29 is 13.3 Å². The minimum atomic E-state index is -2.99. The van der Waals surface area contributed by atoms with E-state index in [0.717, 1.165) is 0 Å². The summed E-state index contributed by atoms with van der Waals surface area (Å²) in [5.41, 5.74) is 1.39. The van der Waals surface area contributed by atoms with Crippen molar-refractivity contribution in [1.82, 2.24) is 9.55 Å². The third-order valence-corrected chi connectivity index (χ3v) is 6.81. The third-order valence-electron chi connectivity index (χ3n) is 4.98. The van der Waals surface area contributed by atoms with E-state index in [0.29, 0.717) is 32.7 Å². The molecule has 4 rings (SSSR count). The van der Waals surface area contributed by atoms with E-state index in [2.05, 4.69) is 4.98 Å². The van der Waals surface area contributed by atoms with Crippen molar-refractivity contribution in [3.8, 4) is 22.6 Å². The molecule has 2 N–H and O–H groups in total. The summed E-state index contributed by atoms with van der Waals surface area (Å²) in [6.45, 7) is 1.69. The van der Waals surface area contributed by atoms with E-state index in [-0.39, 0.29) is 17.1 Å². The Bertz CT molecular complexity index is 1420. The van der Waals surface area contributed by atoms with Crippen molar-refractivity contribution in [3.63, 3.8) is 0 Å². The van der Waals surface area contributed by atoms with Crippen LogP contribution in [0.5, 0.6) is 11.5 Å². The van der Waals surface area contributed by atoms with Crippen LogP contribution < -0.4 is 10.3 Å². The second-order valence-corrected chi connectivity index (χ2v) is 9.28. The smallest absolute Gasteiger partial charge is 0.274 e. The summed E-state index contributed by atoms with van der Waals surface area (Å²) in [4.78, 5) is 15.7. The monoisotopic (exact) mass is 425 g/mol. The van der Waals surface area contributed by atoms with Crippen LogP contribution in [0.1, 0.15) is 6.92 Å². The highest BCUT2D eigenvalue weighted by Gasteiger charge is 2.18. The number of hydrogen-bond donors (Lipinski definition) is 2. The largest absolute Gasteiger partial charge is 0.454 e. The van der Waals surface area contributed by atoms with E-state index < -0.39 is 15.5 Å². The molecule has 1 unspecified atom stereocenters. The van der Waals surface area contributed by atoms with Crippen molar-refractivity contribution >= 4 is 20.6 Å². The highest BCUT2D eigenvalue weighted by atomic mass is 32.2. The number of para-hydroxylation sites is 1. The van der Waals surface area contributed by atoms with E-state index in [1.165, 1.54) is 16.7 Å². The zero-order chi connectivity index (χ0) is 21.5. The molecule has 0 aliphatic heterocycles. The van der Waals surface area contributed by atoms with Gasteiger partial charge in [-0.05, 0) is 36.4 Å². The Balaban J connectivity index is 2.00. The first-order valence-electron chi connectivity index (χ1n) is 9.32. The van der Waals surface area contributed by atoms with Gasteiger partial charge in [-0.15, -0.1) is 0 Å². The Morgan fingerprint density at radius 2 is 1.90 bits per heavy atom. The van der Waals surface area contributed by atoms with Gasteiger partial charge in [0.15, 0.2) is 11.6 Å². The van der Waals surface area contributed by atoms with Gasteiger partial charge in [-0.3, -0.25) is 4.79 Å². The predicted octanol–water partition coefficient (Wildman–Crippen LogP) is 4.89. The number of aromatic amines is 1. The lowest BCUT2D eigenvalue weighted by Crippen LogP contribution is -2.16. The molecule has 4 aromatic rings. The highest BCUT2D eigenvalue weighted by Crippen LogP contribution is 2.38. The summed E-state index contributed by atoms with van der Waals surface area (Å²) in [7, 11) is -1.36. The maximum absolute atomic E-state index is 14.2. The van der Waals surface area contributed by atoms with Gasteiger partial charge >= 0.3 is 0 Å². The summed E-state index contributed by atoms with van der Waals surface area (Å²) in [6, 6.07) is 12.6. The molecule has 0 spiro atoms. The Morgan fingerprint density at radius 3 is 2.63 bits per heavy atom. The van der Waals surface area contributed by atoms with Gasteiger partial charge in [0.2, 0.25) is 0 Å². The van der Waals surface area contributed by atoms with Crippen LogP contribution in [0, 0.1) is 10.6 Å². The lowest BCUT2D eigenvalue weighted by molar-refractivity contribution is 0.443. The second kappa shape index (κ2) is 7.46. The van der Waals surface area contributed by atoms with Crippen LogP contribution in [0.4, 0.5) is 4.39 Å². The van der Waals surface area contributed by atoms with Crippen molar-refractivity contribution in [2.24, 2.45) is 7.05 Å². The summed E-state index contributed by atoms with van der Waals surface area (Å²) >= 11 is 0. The maximum atomic E-state index is 14.2. The number of rotatable bonds is 5. The molecule has 0 saturated carbocycles. The number of hydrogen-bond acceptors (Lipinski definition) is 4. The molecule has 0 bridgehead atoms. The van der Waals surface area contributed by atoms with Gasteiger partial charge in [0.1, 0.15) is 11.3 Å². The number of aryl methyl sites for hydroxylation is 1. The van der Waals surface area contributed by atoms with Crippen molar-refractivity contribution in [2.75, 3.05) is 5.75 Å². The number of aromatic nitrogens is 2. The quantitative estimate of drug-likeness (QED) is 0.477. The van der Waals surface area contributed by atoms with Gasteiger partial charge < -0.3 is 14.3 Å². The number of fused-ring (bicyclic) bond motifs is 1. The average Bonchev–Trinajstić information content (AvgIpc) is 3.23. The highest BCUT2D eigenvalue weighted by molar-refractivity contribution is 7.92. The minimum Gasteiger partial charge on any atom is -0.454 e. The Kier molecular flexibility index (Phi) is 4.95. The zero-order valence-electron chi connectivity index (χ0n) is 16.4. The molecule has 6 nitrogen and oxygen atoms in total. The van der Waals surface area contributed by atoms with Crippen LogP contribution in [0.25, 0.3) is 22.0 Å². The molecular weight excluding hydrogens is 405 g/mol. The predicted molar refractivity (Wildman–Crippen MR) is 115 cm³/mol. The Labute approximate surface area is 172 Å². The van der Waals surface area contributed by atoms with Crippen molar-refractivity contribution in [3.05, 3.63) is 77.1 Å². The van der Waals surface area contributed by atoms with Crippen LogP contribution in [-0.2, 0) is 16.8 Å². The minimum absolute atomic E-state index is 0.0451. The Morgan fingerprint density at radius 1 is 1.13 bits per heavy atom. The molecule has 1 atom stereocenters. The summed E-state index contributed by atoms with van der Waals surface area (Å²) in [6.07, 6.45) is 3.32. The standard InChI is InChI=1S/C22H20FN3O3S/c1-3-30(24,28)14-8-9-19(29-20-7-5-4-6-18(20)23)16(12-14)17-13-26(2)22(27)21-15(17)10-11-25-21/h4-13,24-25H,3H2,1-2H3. The zero-order valence-corrected chi connectivity index (χ0v) is 17.3. The average molecular weight is 425 g/mol. The molecule has 30 heavy (non-hydrogen) atoms. The van der Waals surface area contributed by atoms with E-state index in [9.17, 15) is 13.4 Å².